The first-order valence-electron chi connectivity index (χ1n) is 9.28. The lowest BCUT2D eigenvalue weighted by Crippen LogP contribution is -2.53. The van der Waals surface area contributed by atoms with Gasteiger partial charge < -0.3 is 10.2 Å². The van der Waals surface area contributed by atoms with Crippen molar-refractivity contribution in [3.8, 4) is 0 Å². The number of hydrogen-bond donors (Lipinski definition) is 2. The Morgan fingerprint density at radius 1 is 0.733 bits per heavy atom. The van der Waals surface area contributed by atoms with Crippen LogP contribution in [0.3, 0.4) is 0 Å². The monoisotopic (exact) mass is 407 g/mol. The lowest BCUT2D eigenvalue weighted by atomic mass is 9.69. The highest BCUT2D eigenvalue weighted by Crippen LogP contribution is 2.46. The molecule has 1 aromatic heterocycles. The molecule has 7 heteroatoms. The Balaban J connectivity index is 1.99. The van der Waals surface area contributed by atoms with E-state index in [1.165, 1.54) is 65.9 Å². The second-order valence-electron chi connectivity index (χ2n) is 7.04. The number of hydrogen-bond acceptors (Lipinski definition) is 4. The van der Waals surface area contributed by atoms with Gasteiger partial charge in [0.25, 0.3) is 0 Å². The summed E-state index contributed by atoms with van der Waals surface area (Å²) in [5.41, 5.74) is -3.13. The van der Waals surface area contributed by atoms with Crippen molar-refractivity contribution in [2.45, 2.75) is 17.7 Å². The van der Waals surface area contributed by atoms with Crippen molar-refractivity contribution in [1.29, 1.82) is 0 Å². The van der Waals surface area contributed by atoms with Crippen LogP contribution in [0.5, 0.6) is 0 Å². The SMILES string of the molecule is OC(Cn1cncn1)(c1ccc(F)cc1)C(O)(c1ccccc1)c1ccc(F)cc1. The molecule has 0 saturated heterocycles. The van der Waals surface area contributed by atoms with Crippen molar-refractivity contribution in [3.05, 3.63) is 120 Å². The van der Waals surface area contributed by atoms with E-state index in [1.54, 1.807) is 30.3 Å². The van der Waals surface area contributed by atoms with Crippen LogP contribution in [0.1, 0.15) is 16.7 Å². The number of aliphatic hydroxyl groups is 2. The lowest BCUT2D eigenvalue weighted by molar-refractivity contribution is -0.151. The highest BCUT2D eigenvalue weighted by molar-refractivity contribution is 5.44. The largest absolute Gasteiger partial charge is 0.379 e. The predicted octanol–water partition coefficient (Wildman–Crippen LogP) is 3.38. The minimum atomic E-state index is -2.02. The van der Waals surface area contributed by atoms with Gasteiger partial charge in [0.1, 0.15) is 35.5 Å². The molecule has 0 saturated carbocycles. The standard InChI is InChI=1S/C23H19F2N3O2/c24-20-10-6-17(7-11-20)22(29,14-28-16-26-15-27-28)23(30,18-4-2-1-3-5-18)19-8-12-21(25)13-9-19/h1-13,15-16,29-30H,14H2. The smallest absolute Gasteiger partial charge is 0.149 e. The van der Waals surface area contributed by atoms with Gasteiger partial charge in [-0.05, 0) is 41.0 Å². The van der Waals surface area contributed by atoms with E-state index in [4.69, 9.17) is 0 Å². The van der Waals surface area contributed by atoms with E-state index in [0.29, 0.717) is 5.56 Å². The topological polar surface area (TPSA) is 71.2 Å². The molecule has 5 nitrogen and oxygen atoms in total. The van der Waals surface area contributed by atoms with Crippen LogP contribution in [0, 0.1) is 11.6 Å². The van der Waals surface area contributed by atoms with E-state index >= 15 is 0 Å². The molecule has 1 heterocycles. The lowest BCUT2D eigenvalue weighted by Gasteiger charge is -2.44. The Hall–Kier alpha value is -3.42. The molecule has 4 rings (SSSR count). The molecule has 0 fully saturated rings. The maximum absolute atomic E-state index is 13.6. The Labute approximate surface area is 171 Å². The first-order chi connectivity index (χ1) is 14.4. The number of halogens is 2. The molecule has 2 unspecified atom stereocenters. The Morgan fingerprint density at radius 2 is 1.27 bits per heavy atom. The zero-order valence-corrected chi connectivity index (χ0v) is 15.9. The molecule has 0 radical (unpaired) electrons. The molecule has 0 spiro atoms. The fraction of sp³-hybridized carbons (Fsp3) is 0.130. The summed E-state index contributed by atoms with van der Waals surface area (Å²) in [6, 6.07) is 19.0. The minimum Gasteiger partial charge on any atom is -0.379 e. The van der Waals surface area contributed by atoms with Crippen LogP contribution in [-0.2, 0) is 17.7 Å². The van der Waals surface area contributed by atoms with Gasteiger partial charge in [-0.1, -0.05) is 54.6 Å². The maximum Gasteiger partial charge on any atom is 0.149 e. The molecular weight excluding hydrogens is 388 g/mol. The second-order valence-corrected chi connectivity index (χ2v) is 7.04. The highest BCUT2D eigenvalue weighted by Gasteiger charge is 2.53. The molecule has 152 valence electrons. The summed E-state index contributed by atoms with van der Waals surface area (Å²) in [6.07, 6.45) is 2.72. The average Bonchev–Trinajstić information content (AvgIpc) is 3.27. The third-order valence-electron chi connectivity index (χ3n) is 5.23. The molecule has 2 atom stereocenters. The van der Waals surface area contributed by atoms with E-state index in [9.17, 15) is 19.0 Å². The number of rotatable bonds is 6. The molecule has 2 N–H and O–H groups in total. The van der Waals surface area contributed by atoms with Gasteiger partial charge in [-0.2, -0.15) is 5.10 Å². The van der Waals surface area contributed by atoms with Crippen LogP contribution < -0.4 is 0 Å². The van der Waals surface area contributed by atoms with Crippen LogP contribution >= 0.6 is 0 Å². The van der Waals surface area contributed by atoms with E-state index < -0.39 is 22.8 Å². The molecule has 0 amide bonds. The molecule has 30 heavy (non-hydrogen) atoms. The van der Waals surface area contributed by atoms with Crippen molar-refractivity contribution < 1.29 is 19.0 Å². The van der Waals surface area contributed by atoms with Gasteiger partial charge in [-0.3, -0.25) is 0 Å². The van der Waals surface area contributed by atoms with Crippen LogP contribution in [0.4, 0.5) is 8.78 Å². The van der Waals surface area contributed by atoms with Crippen molar-refractivity contribution in [2.75, 3.05) is 0 Å². The Morgan fingerprint density at radius 3 is 1.80 bits per heavy atom. The summed E-state index contributed by atoms with van der Waals surface area (Å²) in [5, 5.41) is 28.3. The maximum atomic E-state index is 13.6. The summed E-state index contributed by atoms with van der Waals surface area (Å²) in [6.45, 7) is -0.193. The average molecular weight is 407 g/mol. The molecule has 0 aliphatic rings. The van der Waals surface area contributed by atoms with Gasteiger partial charge >= 0.3 is 0 Å². The van der Waals surface area contributed by atoms with Crippen LogP contribution in [-0.4, -0.2) is 25.0 Å². The predicted molar refractivity (Wildman–Crippen MR) is 106 cm³/mol. The first kappa shape index (κ1) is 19.9. The van der Waals surface area contributed by atoms with Crippen LogP contribution in [0.25, 0.3) is 0 Å². The molecule has 3 aromatic carbocycles. The van der Waals surface area contributed by atoms with Crippen molar-refractivity contribution >= 4 is 0 Å². The Bertz CT molecular complexity index is 1100. The molecule has 0 aliphatic carbocycles. The van der Waals surface area contributed by atoms with Crippen molar-refractivity contribution in [1.82, 2.24) is 14.8 Å². The molecule has 0 bridgehead atoms. The highest BCUT2D eigenvalue weighted by atomic mass is 19.1. The normalized spacial score (nSPS) is 15.3. The molecule has 0 aliphatic heterocycles. The summed E-state index contributed by atoms with van der Waals surface area (Å²) in [5.74, 6) is -0.956. The zero-order chi connectivity index (χ0) is 21.2. The number of nitrogens with zero attached hydrogens (tertiary/aromatic N) is 3. The van der Waals surface area contributed by atoms with Gasteiger partial charge in [-0.15, -0.1) is 0 Å². The van der Waals surface area contributed by atoms with Crippen molar-refractivity contribution in [2.24, 2.45) is 0 Å². The zero-order valence-electron chi connectivity index (χ0n) is 15.9. The van der Waals surface area contributed by atoms with Crippen LogP contribution in [0.15, 0.2) is 91.5 Å². The summed E-state index contributed by atoms with van der Waals surface area (Å²) in [4.78, 5) is 3.90. The number of aromatic nitrogens is 3. The van der Waals surface area contributed by atoms with Gasteiger partial charge in [0.05, 0.1) is 6.54 Å². The van der Waals surface area contributed by atoms with E-state index in [0.717, 1.165) is 0 Å². The summed E-state index contributed by atoms with van der Waals surface area (Å²) < 4.78 is 28.6. The summed E-state index contributed by atoms with van der Waals surface area (Å²) >= 11 is 0. The van der Waals surface area contributed by atoms with Gasteiger partial charge in [0.15, 0.2) is 0 Å². The fourth-order valence-corrected chi connectivity index (χ4v) is 3.70. The minimum absolute atomic E-state index is 0.193. The summed E-state index contributed by atoms with van der Waals surface area (Å²) in [7, 11) is 0. The number of benzene rings is 3. The van der Waals surface area contributed by atoms with E-state index in [-0.39, 0.29) is 17.7 Å². The van der Waals surface area contributed by atoms with E-state index in [1.807, 2.05) is 0 Å². The third-order valence-corrected chi connectivity index (χ3v) is 5.23. The van der Waals surface area contributed by atoms with Crippen molar-refractivity contribution in [3.63, 3.8) is 0 Å². The van der Waals surface area contributed by atoms with Crippen LogP contribution in [0.2, 0.25) is 0 Å². The molecular formula is C23H19F2N3O2. The van der Waals surface area contributed by atoms with E-state index in [2.05, 4.69) is 10.1 Å². The Kier molecular flexibility index (Phi) is 5.15. The second kappa shape index (κ2) is 7.78. The fourth-order valence-electron chi connectivity index (χ4n) is 3.70. The quantitative estimate of drug-likeness (QED) is 0.514. The third kappa shape index (κ3) is 3.38. The van der Waals surface area contributed by atoms with Gasteiger partial charge in [0, 0.05) is 0 Å². The first-order valence-corrected chi connectivity index (χ1v) is 9.28. The van der Waals surface area contributed by atoms with Gasteiger partial charge in [0.2, 0.25) is 0 Å². The van der Waals surface area contributed by atoms with Gasteiger partial charge in [-0.25, -0.2) is 18.4 Å². The molecule has 4 aromatic rings.